The Morgan fingerprint density at radius 2 is 2.06 bits per heavy atom. The fraction of sp³-hybridized carbons (Fsp3) is 0.333. The van der Waals surface area contributed by atoms with Crippen molar-refractivity contribution in [1.29, 1.82) is 0 Å². The Bertz CT molecular complexity index is 460. The molecule has 0 saturated heterocycles. The van der Waals surface area contributed by atoms with Crippen molar-refractivity contribution in [2.24, 2.45) is 0 Å². The third-order valence-corrected chi connectivity index (χ3v) is 1.72. The van der Waals surface area contributed by atoms with Crippen LogP contribution in [-0.2, 0) is 11.4 Å². The summed E-state index contributed by atoms with van der Waals surface area (Å²) in [6.07, 6.45) is -5.18. The zero-order valence-corrected chi connectivity index (χ0v) is 8.85. The predicted octanol–water partition coefficient (Wildman–Crippen LogP) is 2.38. The van der Waals surface area contributed by atoms with Crippen molar-refractivity contribution in [3.8, 4) is 5.75 Å². The molecule has 0 saturated carbocycles. The van der Waals surface area contributed by atoms with E-state index in [4.69, 9.17) is 0 Å². The van der Waals surface area contributed by atoms with Crippen LogP contribution >= 0.6 is 0 Å². The van der Waals surface area contributed by atoms with E-state index in [1.165, 1.54) is 0 Å². The summed E-state index contributed by atoms with van der Waals surface area (Å²) in [5, 5.41) is 0. The van der Waals surface area contributed by atoms with Gasteiger partial charge in [-0.2, -0.15) is 0 Å². The highest BCUT2D eigenvalue weighted by Crippen LogP contribution is 2.28. The number of ether oxygens (including phenoxy) is 2. The summed E-state index contributed by atoms with van der Waals surface area (Å²) in [5.74, 6) is -4.35. The highest BCUT2D eigenvalue weighted by atomic mass is 19.4. The van der Waals surface area contributed by atoms with Crippen molar-refractivity contribution in [2.75, 3.05) is 7.11 Å². The standard InChI is InChI=1S/C9H6F5NO3/c1-17-8(16)7-6(11)5(18-9(12,13)14)2-4(3-10)15-7/h2H,3H2,1H3. The molecule has 0 bridgehead atoms. The van der Waals surface area contributed by atoms with Gasteiger partial charge in [-0.05, 0) is 0 Å². The third-order valence-electron chi connectivity index (χ3n) is 1.72. The lowest BCUT2D eigenvalue weighted by atomic mass is 10.2. The van der Waals surface area contributed by atoms with Gasteiger partial charge in [-0.15, -0.1) is 13.2 Å². The second-order valence-corrected chi connectivity index (χ2v) is 2.95. The van der Waals surface area contributed by atoms with E-state index < -0.39 is 42.0 Å². The van der Waals surface area contributed by atoms with Gasteiger partial charge >= 0.3 is 12.3 Å². The molecule has 0 aliphatic heterocycles. The largest absolute Gasteiger partial charge is 0.573 e. The Labute approximate surface area is 97.3 Å². The molecule has 0 radical (unpaired) electrons. The van der Waals surface area contributed by atoms with Gasteiger partial charge in [0.25, 0.3) is 0 Å². The van der Waals surface area contributed by atoms with Gasteiger partial charge in [0.2, 0.25) is 0 Å². The maximum Gasteiger partial charge on any atom is 0.573 e. The highest BCUT2D eigenvalue weighted by Gasteiger charge is 2.34. The van der Waals surface area contributed by atoms with E-state index in [1.807, 2.05) is 0 Å². The normalized spacial score (nSPS) is 11.2. The monoisotopic (exact) mass is 271 g/mol. The van der Waals surface area contributed by atoms with Crippen LogP contribution in [0.1, 0.15) is 16.2 Å². The molecule has 9 heteroatoms. The third kappa shape index (κ3) is 3.28. The summed E-state index contributed by atoms with van der Waals surface area (Å²) >= 11 is 0. The van der Waals surface area contributed by atoms with Crippen LogP contribution in [0.3, 0.4) is 0 Å². The molecule has 0 unspecified atom stereocenters. The van der Waals surface area contributed by atoms with Crippen molar-refractivity contribution >= 4 is 5.97 Å². The zero-order chi connectivity index (χ0) is 13.9. The lowest BCUT2D eigenvalue weighted by Gasteiger charge is -2.11. The van der Waals surface area contributed by atoms with Gasteiger partial charge in [-0.1, -0.05) is 0 Å². The van der Waals surface area contributed by atoms with E-state index in [1.54, 1.807) is 0 Å². The number of alkyl halides is 4. The average Bonchev–Trinajstić information content (AvgIpc) is 2.29. The van der Waals surface area contributed by atoms with Crippen LogP contribution < -0.4 is 4.74 Å². The van der Waals surface area contributed by atoms with Gasteiger partial charge in [0.1, 0.15) is 6.67 Å². The van der Waals surface area contributed by atoms with E-state index in [-0.39, 0.29) is 0 Å². The second kappa shape index (κ2) is 5.15. The molecule has 1 aromatic rings. The average molecular weight is 271 g/mol. The van der Waals surface area contributed by atoms with Crippen molar-refractivity contribution in [1.82, 2.24) is 4.98 Å². The fourth-order valence-electron chi connectivity index (χ4n) is 1.06. The molecule has 1 rings (SSSR count). The molecular formula is C9H6F5NO3. The first kappa shape index (κ1) is 14.1. The highest BCUT2D eigenvalue weighted by molar-refractivity contribution is 5.88. The molecule has 1 aromatic heterocycles. The Morgan fingerprint density at radius 3 is 2.50 bits per heavy atom. The van der Waals surface area contributed by atoms with Crippen molar-refractivity contribution < 1.29 is 36.2 Å². The van der Waals surface area contributed by atoms with Gasteiger partial charge in [-0.3, -0.25) is 0 Å². The minimum Gasteiger partial charge on any atom is -0.464 e. The molecule has 4 nitrogen and oxygen atoms in total. The van der Waals surface area contributed by atoms with E-state index in [0.717, 1.165) is 7.11 Å². The number of hydrogen-bond acceptors (Lipinski definition) is 4. The molecule has 1 heterocycles. The molecule has 0 spiro atoms. The van der Waals surface area contributed by atoms with Crippen molar-refractivity contribution in [3.63, 3.8) is 0 Å². The van der Waals surface area contributed by atoms with Crippen LogP contribution in [0.4, 0.5) is 22.0 Å². The van der Waals surface area contributed by atoms with E-state index in [9.17, 15) is 26.7 Å². The Balaban J connectivity index is 3.29. The van der Waals surface area contributed by atoms with E-state index >= 15 is 0 Å². The Kier molecular flexibility index (Phi) is 4.04. The molecule has 0 N–H and O–H groups in total. The molecule has 18 heavy (non-hydrogen) atoms. The number of carbonyl (C=O) groups is 1. The predicted molar refractivity (Wildman–Crippen MR) is 47.0 cm³/mol. The lowest BCUT2D eigenvalue weighted by Crippen LogP contribution is -2.20. The summed E-state index contributed by atoms with van der Waals surface area (Å²) < 4.78 is 69.1. The Hall–Kier alpha value is -1.93. The Morgan fingerprint density at radius 1 is 1.44 bits per heavy atom. The quantitative estimate of drug-likeness (QED) is 0.625. The number of pyridine rings is 1. The maximum absolute atomic E-state index is 13.4. The van der Waals surface area contributed by atoms with Crippen LogP contribution in [0.15, 0.2) is 6.07 Å². The number of rotatable bonds is 3. The topological polar surface area (TPSA) is 48.4 Å². The van der Waals surface area contributed by atoms with Crippen LogP contribution in [-0.4, -0.2) is 24.4 Å². The van der Waals surface area contributed by atoms with E-state index in [0.29, 0.717) is 6.07 Å². The zero-order valence-electron chi connectivity index (χ0n) is 8.85. The molecule has 0 aliphatic carbocycles. The minimum atomic E-state index is -5.18. The molecule has 0 atom stereocenters. The molecular weight excluding hydrogens is 265 g/mol. The summed E-state index contributed by atoms with van der Waals surface area (Å²) in [5.41, 5.74) is -1.66. The van der Waals surface area contributed by atoms with Gasteiger partial charge in [-0.25, -0.2) is 18.6 Å². The summed E-state index contributed by atoms with van der Waals surface area (Å²) in [4.78, 5) is 14.2. The second-order valence-electron chi connectivity index (χ2n) is 2.95. The van der Waals surface area contributed by atoms with Crippen molar-refractivity contribution in [3.05, 3.63) is 23.3 Å². The summed E-state index contributed by atoms with van der Waals surface area (Å²) in [7, 11) is 0.871. The van der Waals surface area contributed by atoms with Gasteiger partial charge in [0.15, 0.2) is 17.3 Å². The molecule has 0 fully saturated rings. The van der Waals surface area contributed by atoms with E-state index in [2.05, 4.69) is 14.5 Å². The first-order chi connectivity index (χ1) is 8.28. The lowest BCUT2D eigenvalue weighted by molar-refractivity contribution is -0.275. The van der Waals surface area contributed by atoms with Crippen LogP contribution in [0.25, 0.3) is 0 Å². The first-order valence-corrected chi connectivity index (χ1v) is 4.38. The molecule has 0 aromatic carbocycles. The summed E-state index contributed by atoms with van der Waals surface area (Å²) in [6, 6.07) is 0.412. The first-order valence-electron chi connectivity index (χ1n) is 4.38. The minimum absolute atomic E-state index is 0.412. The number of methoxy groups -OCH3 is 1. The molecule has 100 valence electrons. The number of hydrogen-bond donors (Lipinski definition) is 0. The summed E-state index contributed by atoms with van der Waals surface area (Å²) in [6.45, 7) is -1.29. The number of nitrogens with zero attached hydrogens (tertiary/aromatic N) is 1. The van der Waals surface area contributed by atoms with Crippen LogP contribution in [0, 0.1) is 5.82 Å². The maximum atomic E-state index is 13.4. The molecule has 0 amide bonds. The fourth-order valence-corrected chi connectivity index (χ4v) is 1.06. The SMILES string of the molecule is COC(=O)c1nc(CF)cc(OC(F)(F)F)c1F. The van der Waals surface area contributed by atoms with Crippen LogP contribution in [0.5, 0.6) is 5.75 Å². The smallest absolute Gasteiger partial charge is 0.464 e. The number of aromatic nitrogens is 1. The van der Waals surface area contributed by atoms with Gasteiger partial charge in [0.05, 0.1) is 12.8 Å². The number of carbonyl (C=O) groups excluding carboxylic acids is 1. The molecule has 0 aliphatic rings. The van der Waals surface area contributed by atoms with Crippen LogP contribution in [0.2, 0.25) is 0 Å². The van der Waals surface area contributed by atoms with Gasteiger partial charge < -0.3 is 9.47 Å². The number of halogens is 5. The van der Waals surface area contributed by atoms with Gasteiger partial charge in [0, 0.05) is 6.07 Å². The van der Waals surface area contributed by atoms with Crippen molar-refractivity contribution in [2.45, 2.75) is 13.0 Å². The number of esters is 1.